The van der Waals surface area contributed by atoms with Crippen molar-refractivity contribution in [1.29, 1.82) is 0 Å². The predicted octanol–water partition coefficient (Wildman–Crippen LogP) is 0.0464. The van der Waals surface area contributed by atoms with Gasteiger partial charge in [0.1, 0.15) is 0 Å². The molecule has 5 nitrogen and oxygen atoms in total. The zero-order valence-corrected chi connectivity index (χ0v) is 11.0. The van der Waals surface area contributed by atoms with E-state index in [2.05, 4.69) is 18.9 Å². The molecule has 1 aliphatic heterocycles. The third kappa shape index (κ3) is 4.78. The van der Waals surface area contributed by atoms with Crippen molar-refractivity contribution in [2.75, 3.05) is 52.1 Å². The molecule has 1 N–H and O–H groups in total. The average Bonchev–Trinajstić information content (AvgIpc) is 2.16. The van der Waals surface area contributed by atoms with E-state index in [4.69, 9.17) is 4.55 Å². The minimum atomic E-state index is -3.81. The SMILES string of the molecule is CCC[N+]1(C)CCN(CCS(=O)(=O)O)CC1. The second-order valence-electron chi connectivity index (χ2n) is 4.92. The lowest BCUT2D eigenvalue weighted by Crippen LogP contribution is -2.57. The highest BCUT2D eigenvalue weighted by Gasteiger charge is 2.27. The van der Waals surface area contributed by atoms with Crippen LogP contribution in [-0.2, 0) is 10.1 Å². The highest BCUT2D eigenvalue weighted by Crippen LogP contribution is 2.10. The Hall–Kier alpha value is -0.170. The molecule has 1 rings (SSSR count). The molecule has 1 fully saturated rings. The summed E-state index contributed by atoms with van der Waals surface area (Å²) in [5.74, 6) is -0.148. The van der Waals surface area contributed by atoms with Crippen LogP contribution in [0.15, 0.2) is 0 Å². The maximum Gasteiger partial charge on any atom is 0.266 e. The lowest BCUT2D eigenvalue weighted by atomic mass is 10.2. The van der Waals surface area contributed by atoms with E-state index in [1.807, 2.05) is 0 Å². The molecular weight excluding hydrogens is 228 g/mol. The van der Waals surface area contributed by atoms with Crippen LogP contribution in [0.2, 0.25) is 0 Å². The fourth-order valence-electron chi connectivity index (χ4n) is 2.22. The third-order valence-electron chi connectivity index (χ3n) is 3.34. The molecule has 0 saturated carbocycles. The van der Waals surface area contributed by atoms with Crippen LogP contribution in [-0.4, -0.2) is 74.4 Å². The predicted molar refractivity (Wildman–Crippen MR) is 63.9 cm³/mol. The summed E-state index contributed by atoms with van der Waals surface area (Å²) >= 11 is 0. The Bertz CT molecular complexity index is 308. The van der Waals surface area contributed by atoms with Crippen LogP contribution in [0.5, 0.6) is 0 Å². The lowest BCUT2D eigenvalue weighted by molar-refractivity contribution is -0.913. The molecule has 96 valence electrons. The topological polar surface area (TPSA) is 57.6 Å². The molecule has 6 heteroatoms. The molecule has 0 spiro atoms. The van der Waals surface area contributed by atoms with Gasteiger partial charge in [-0.3, -0.25) is 9.45 Å². The van der Waals surface area contributed by atoms with Crippen LogP contribution >= 0.6 is 0 Å². The van der Waals surface area contributed by atoms with Crippen LogP contribution in [0.25, 0.3) is 0 Å². The summed E-state index contributed by atoms with van der Waals surface area (Å²) in [7, 11) is -1.56. The number of hydrogen-bond donors (Lipinski definition) is 1. The molecule has 0 aromatic carbocycles. The second kappa shape index (κ2) is 5.44. The Kier molecular flexibility index (Phi) is 4.73. The lowest BCUT2D eigenvalue weighted by Gasteiger charge is -2.41. The molecule has 1 heterocycles. The zero-order chi connectivity index (χ0) is 12.2. The van der Waals surface area contributed by atoms with Crippen molar-refractivity contribution in [2.24, 2.45) is 0 Å². The van der Waals surface area contributed by atoms with Crippen LogP contribution in [0, 0.1) is 0 Å². The smallest absolute Gasteiger partial charge is 0.266 e. The summed E-state index contributed by atoms with van der Waals surface area (Å²) < 4.78 is 31.0. The maximum absolute atomic E-state index is 10.6. The van der Waals surface area contributed by atoms with E-state index in [1.165, 1.54) is 13.0 Å². The first-order chi connectivity index (χ1) is 7.35. The van der Waals surface area contributed by atoms with Gasteiger partial charge in [-0.05, 0) is 6.42 Å². The van der Waals surface area contributed by atoms with Gasteiger partial charge in [-0.15, -0.1) is 0 Å². The highest BCUT2D eigenvalue weighted by molar-refractivity contribution is 7.85. The van der Waals surface area contributed by atoms with Gasteiger partial charge in [0.25, 0.3) is 10.1 Å². The van der Waals surface area contributed by atoms with Gasteiger partial charge >= 0.3 is 0 Å². The van der Waals surface area contributed by atoms with Gasteiger partial charge in [-0.1, -0.05) is 6.92 Å². The van der Waals surface area contributed by atoms with Gasteiger partial charge in [0.15, 0.2) is 0 Å². The van der Waals surface area contributed by atoms with E-state index >= 15 is 0 Å². The number of nitrogens with zero attached hydrogens (tertiary/aromatic N) is 2. The molecule has 0 bridgehead atoms. The number of hydrogen-bond acceptors (Lipinski definition) is 3. The molecule has 0 unspecified atom stereocenters. The number of likely N-dealkylation sites (N-methyl/N-ethyl adjacent to an activating group) is 1. The summed E-state index contributed by atoms with van der Waals surface area (Å²) in [6, 6.07) is 0. The first kappa shape index (κ1) is 13.9. The minimum absolute atomic E-state index is 0.148. The standard InChI is InChI=1S/C10H22N2O3S/c1-3-7-12(2)8-4-11(5-9-12)6-10-16(13,14)15/h3-10H2,1-2H3/p+1. The number of piperazine rings is 1. The van der Waals surface area contributed by atoms with E-state index in [9.17, 15) is 8.42 Å². The van der Waals surface area contributed by atoms with Gasteiger partial charge in [0, 0.05) is 19.6 Å². The van der Waals surface area contributed by atoms with Gasteiger partial charge in [-0.2, -0.15) is 8.42 Å². The van der Waals surface area contributed by atoms with Crippen molar-refractivity contribution < 1.29 is 17.5 Å². The fraction of sp³-hybridized carbons (Fsp3) is 1.00. The van der Waals surface area contributed by atoms with E-state index in [-0.39, 0.29) is 5.75 Å². The van der Waals surface area contributed by atoms with Crippen LogP contribution in [0.1, 0.15) is 13.3 Å². The van der Waals surface area contributed by atoms with E-state index in [1.54, 1.807) is 0 Å². The Labute approximate surface area is 98.4 Å². The van der Waals surface area contributed by atoms with Crippen molar-refractivity contribution in [2.45, 2.75) is 13.3 Å². The van der Waals surface area contributed by atoms with Crippen molar-refractivity contribution >= 4 is 10.1 Å². The molecule has 0 aromatic rings. The monoisotopic (exact) mass is 251 g/mol. The van der Waals surface area contributed by atoms with Gasteiger partial charge in [-0.25, -0.2) is 0 Å². The first-order valence-electron chi connectivity index (χ1n) is 5.86. The Morgan fingerprint density at radius 1 is 1.31 bits per heavy atom. The molecule has 1 saturated heterocycles. The quantitative estimate of drug-likeness (QED) is 0.554. The van der Waals surface area contributed by atoms with Crippen molar-refractivity contribution in [3.8, 4) is 0 Å². The minimum Gasteiger partial charge on any atom is -0.324 e. The van der Waals surface area contributed by atoms with Gasteiger partial charge in [0.05, 0.1) is 32.4 Å². The molecule has 1 aliphatic rings. The summed E-state index contributed by atoms with van der Waals surface area (Å²) in [5, 5.41) is 0. The average molecular weight is 251 g/mol. The molecule has 16 heavy (non-hydrogen) atoms. The Morgan fingerprint density at radius 3 is 2.31 bits per heavy atom. The summed E-state index contributed by atoms with van der Waals surface area (Å²) in [6.45, 7) is 7.81. The van der Waals surface area contributed by atoms with Crippen molar-refractivity contribution in [1.82, 2.24) is 4.90 Å². The number of quaternary nitrogens is 1. The molecule has 0 radical (unpaired) electrons. The van der Waals surface area contributed by atoms with E-state index < -0.39 is 10.1 Å². The Balaban J connectivity index is 2.32. The fourth-order valence-corrected chi connectivity index (χ4v) is 2.71. The normalized spacial score (nSPS) is 22.2. The Morgan fingerprint density at radius 2 is 1.88 bits per heavy atom. The van der Waals surface area contributed by atoms with Gasteiger partial charge < -0.3 is 4.48 Å². The highest BCUT2D eigenvalue weighted by atomic mass is 32.2. The van der Waals surface area contributed by atoms with Crippen LogP contribution < -0.4 is 0 Å². The second-order valence-corrected chi connectivity index (χ2v) is 6.49. The summed E-state index contributed by atoms with van der Waals surface area (Å²) in [4.78, 5) is 2.11. The largest absolute Gasteiger partial charge is 0.324 e. The first-order valence-corrected chi connectivity index (χ1v) is 7.47. The van der Waals surface area contributed by atoms with E-state index in [0.29, 0.717) is 6.54 Å². The maximum atomic E-state index is 10.6. The van der Waals surface area contributed by atoms with Crippen LogP contribution in [0.3, 0.4) is 0 Å². The molecular formula is C10H23N2O3S+. The van der Waals surface area contributed by atoms with E-state index in [0.717, 1.165) is 30.7 Å². The van der Waals surface area contributed by atoms with Gasteiger partial charge in [0.2, 0.25) is 0 Å². The molecule has 0 amide bonds. The van der Waals surface area contributed by atoms with Crippen LogP contribution in [0.4, 0.5) is 0 Å². The van der Waals surface area contributed by atoms with Crippen molar-refractivity contribution in [3.05, 3.63) is 0 Å². The zero-order valence-electron chi connectivity index (χ0n) is 10.2. The third-order valence-corrected chi connectivity index (χ3v) is 4.04. The molecule has 0 aromatic heterocycles. The summed E-state index contributed by atoms with van der Waals surface area (Å²) in [6.07, 6.45) is 1.18. The van der Waals surface area contributed by atoms with Crippen molar-refractivity contribution in [3.63, 3.8) is 0 Å². The number of rotatable bonds is 5. The molecule has 0 aliphatic carbocycles. The molecule has 0 atom stereocenters. The summed E-state index contributed by atoms with van der Waals surface area (Å²) in [5.41, 5.74) is 0.